The molecule has 0 unspecified atom stereocenters. The zero-order valence-corrected chi connectivity index (χ0v) is 15.4. The van der Waals surface area contributed by atoms with E-state index in [4.69, 9.17) is 0 Å². The molecule has 0 N–H and O–H groups in total. The number of fused-ring (bicyclic) bond motifs is 1. The Kier molecular flexibility index (Phi) is 4.81. The Balaban J connectivity index is 1.57. The van der Waals surface area contributed by atoms with Crippen LogP contribution in [0.1, 0.15) is 31.0 Å². The van der Waals surface area contributed by atoms with Gasteiger partial charge in [-0.05, 0) is 50.6 Å². The lowest BCUT2D eigenvalue weighted by atomic mass is 10.1. The van der Waals surface area contributed by atoms with Gasteiger partial charge in [0.15, 0.2) is 0 Å². The van der Waals surface area contributed by atoms with Crippen LogP contribution in [0.15, 0.2) is 41.4 Å². The molecule has 2 aliphatic heterocycles. The van der Waals surface area contributed by atoms with Gasteiger partial charge in [0.2, 0.25) is 10.0 Å². The molecule has 0 aliphatic carbocycles. The van der Waals surface area contributed by atoms with E-state index in [1.54, 1.807) is 12.3 Å². The molecule has 2 aliphatic rings. The van der Waals surface area contributed by atoms with Crippen molar-refractivity contribution in [1.29, 1.82) is 0 Å². The highest BCUT2D eigenvalue weighted by atomic mass is 32.2. The normalized spacial score (nSPS) is 21.8. The molecule has 3 heterocycles. The molecule has 0 spiro atoms. The number of sulfonamides is 1. The summed E-state index contributed by atoms with van der Waals surface area (Å²) in [5.74, 6) is -0.708. The lowest BCUT2D eigenvalue weighted by molar-refractivity contribution is 0.226. The maximum Gasteiger partial charge on any atom is 0.246 e. The quantitative estimate of drug-likeness (QED) is 0.801. The van der Waals surface area contributed by atoms with Gasteiger partial charge in [-0.2, -0.15) is 9.40 Å². The molecule has 1 atom stereocenters. The highest BCUT2D eigenvalue weighted by molar-refractivity contribution is 7.89. The highest BCUT2D eigenvalue weighted by Crippen LogP contribution is 2.29. The zero-order valence-electron chi connectivity index (χ0n) is 14.6. The Morgan fingerprint density at radius 3 is 2.69 bits per heavy atom. The van der Waals surface area contributed by atoms with Crippen molar-refractivity contribution in [2.45, 2.75) is 36.7 Å². The minimum absolute atomic E-state index is 0.0316. The van der Waals surface area contributed by atoms with Gasteiger partial charge in [0, 0.05) is 19.3 Å². The predicted molar refractivity (Wildman–Crippen MR) is 95.6 cm³/mol. The van der Waals surface area contributed by atoms with Crippen molar-refractivity contribution in [3.63, 3.8) is 0 Å². The summed E-state index contributed by atoms with van der Waals surface area (Å²) >= 11 is 0. The molecule has 0 saturated carbocycles. The summed E-state index contributed by atoms with van der Waals surface area (Å²) in [4.78, 5) is 2.15. The summed E-state index contributed by atoms with van der Waals surface area (Å²) < 4.78 is 43.4. The molecule has 26 heavy (non-hydrogen) atoms. The van der Waals surface area contributed by atoms with E-state index in [9.17, 15) is 12.8 Å². The molecule has 1 aromatic heterocycles. The molecular weight excluding hydrogens is 355 g/mol. The fraction of sp³-hybridized carbons (Fsp3) is 0.500. The standard InChI is InChI=1S/C18H23FN4O2S/c19-17-5-1-2-6-18(17)26(24,25)22-13-15-7-9-20-23(15)16(14-22)8-12-21-10-3-4-11-21/h1-2,5-7,9,16H,3-4,8,10-14H2/t16-/m1/s1. The van der Waals surface area contributed by atoms with Crippen molar-refractivity contribution in [2.75, 3.05) is 26.2 Å². The average Bonchev–Trinajstić information content (AvgIpc) is 3.31. The molecule has 1 fully saturated rings. The third-order valence-corrected chi connectivity index (χ3v) is 7.13. The van der Waals surface area contributed by atoms with Gasteiger partial charge in [-0.25, -0.2) is 12.8 Å². The van der Waals surface area contributed by atoms with Crippen LogP contribution in [0, 0.1) is 5.82 Å². The number of halogens is 1. The van der Waals surface area contributed by atoms with Gasteiger partial charge < -0.3 is 4.90 Å². The average molecular weight is 378 g/mol. The lowest BCUT2D eigenvalue weighted by Crippen LogP contribution is -2.42. The molecular formula is C18H23FN4O2S. The van der Waals surface area contributed by atoms with Crippen molar-refractivity contribution in [3.8, 4) is 0 Å². The van der Waals surface area contributed by atoms with E-state index in [0.29, 0.717) is 6.54 Å². The van der Waals surface area contributed by atoms with E-state index in [0.717, 1.165) is 31.7 Å². The van der Waals surface area contributed by atoms with Gasteiger partial charge in [0.25, 0.3) is 0 Å². The Labute approximate surface area is 153 Å². The van der Waals surface area contributed by atoms with Gasteiger partial charge in [0.1, 0.15) is 10.7 Å². The number of benzene rings is 1. The fourth-order valence-corrected chi connectivity index (χ4v) is 5.39. The topological polar surface area (TPSA) is 58.4 Å². The SMILES string of the molecule is O=S(=O)(c1ccccc1F)N1Cc2ccnn2[C@H](CCN2CCCC2)C1. The van der Waals surface area contributed by atoms with E-state index in [1.807, 2.05) is 10.7 Å². The summed E-state index contributed by atoms with van der Waals surface area (Å²) in [5, 5.41) is 4.39. The Morgan fingerprint density at radius 2 is 1.92 bits per heavy atom. The summed E-state index contributed by atoms with van der Waals surface area (Å²) in [6.45, 7) is 3.68. The molecule has 0 bridgehead atoms. The van der Waals surface area contributed by atoms with Crippen molar-refractivity contribution >= 4 is 10.0 Å². The van der Waals surface area contributed by atoms with Crippen LogP contribution in [0.5, 0.6) is 0 Å². The first-order valence-corrected chi connectivity index (χ1v) is 10.5. The molecule has 0 amide bonds. The van der Waals surface area contributed by atoms with Gasteiger partial charge in [0.05, 0.1) is 18.3 Å². The second-order valence-electron chi connectivity index (χ2n) is 6.99. The Bertz CT molecular complexity index is 877. The highest BCUT2D eigenvalue weighted by Gasteiger charge is 2.35. The van der Waals surface area contributed by atoms with Gasteiger partial charge in [-0.15, -0.1) is 0 Å². The first-order valence-electron chi connectivity index (χ1n) is 9.05. The van der Waals surface area contributed by atoms with Crippen molar-refractivity contribution < 1.29 is 12.8 Å². The fourth-order valence-electron chi connectivity index (χ4n) is 3.88. The Hall–Kier alpha value is -1.77. The second kappa shape index (κ2) is 7.09. The van der Waals surface area contributed by atoms with Crippen LogP contribution in [0.25, 0.3) is 0 Å². The Morgan fingerprint density at radius 1 is 1.15 bits per heavy atom. The molecule has 0 radical (unpaired) electrons. The van der Waals surface area contributed by atoms with Crippen molar-refractivity contribution in [1.82, 2.24) is 19.0 Å². The number of nitrogens with zero attached hydrogens (tertiary/aromatic N) is 4. The van der Waals surface area contributed by atoms with Crippen LogP contribution >= 0.6 is 0 Å². The van der Waals surface area contributed by atoms with Crippen LogP contribution in [0.3, 0.4) is 0 Å². The number of likely N-dealkylation sites (tertiary alicyclic amines) is 1. The number of hydrogen-bond acceptors (Lipinski definition) is 4. The largest absolute Gasteiger partial charge is 0.303 e. The van der Waals surface area contributed by atoms with Crippen LogP contribution in [-0.4, -0.2) is 53.6 Å². The monoisotopic (exact) mass is 378 g/mol. The smallest absolute Gasteiger partial charge is 0.246 e. The van der Waals surface area contributed by atoms with Crippen LogP contribution < -0.4 is 0 Å². The van der Waals surface area contributed by atoms with E-state index in [2.05, 4.69) is 10.00 Å². The zero-order chi connectivity index (χ0) is 18.1. The van der Waals surface area contributed by atoms with Crippen LogP contribution in [0.4, 0.5) is 4.39 Å². The maximum absolute atomic E-state index is 14.1. The maximum atomic E-state index is 14.1. The first-order chi connectivity index (χ1) is 12.6. The molecule has 4 rings (SSSR count). The minimum Gasteiger partial charge on any atom is -0.303 e. The van der Waals surface area contributed by atoms with E-state index >= 15 is 0 Å². The summed E-state index contributed by atoms with van der Waals surface area (Å²) in [6, 6.07) is 7.37. The van der Waals surface area contributed by atoms with E-state index < -0.39 is 15.8 Å². The van der Waals surface area contributed by atoms with E-state index in [1.165, 1.54) is 35.3 Å². The lowest BCUT2D eigenvalue weighted by Gasteiger charge is -2.34. The molecule has 2 aromatic rings. The van der Waals surface area contributed by atoms with Gasteiger partial charge >= 0.3 is 0 Å². The molecule has 1 aromatic carbocycles. The number of hydrogen-bond donors (Lipinski definition) is 0. The summed E-state index contributed by atoms with van der Waals surface area (Å²) in [7, 11) is -3.88. The number of rotatable bonds is 5. The molecule has 140 valence electrons. The first kappa shape index (κ1) is 17.6. The van der Waals surface area contributed by atoms with Crippen LogP contribution in [-0.2, 0) is 16.6 Å². The van der Waals surface area contributed by atoms with Crippen molar-refractivity contribution in [3.05, 3.63) is 48.0 Å². The van der Waals surface area contributed by atoms with Crippen molar-refractivity contribution in [2.24, 2.45) is 0 Å². The molecule has 6 nitrogen and oxygen atoms in total. The third-order valence-electron chi connectivity index (χ3n) is 5.28. The minimum atomic E-state index is -3.88. The summed E-state index contributed by atoms with van der Waals surface area (Å²) in [5.41, 5.74) is 0.850. The third kappa shape index (κ3) is 3.28. The van der Waals surface area contributed by atoms with Crippen LogP contribution in [0.2, 0.25) is 0 Å². The number of aromatic nitrogens is 2. The second-order valence-corrected chi connectivity index (χ2v) is 8.89. The summed E-state index contributed by atoms with van der Waals surface area (Å²) in [6.07, 6.45) is 4.99. The van der Waals surface area contributed by atoms with E-state index in [-0.39, 0.29) is 17.5 Å². The predicted octanol–water partition coefficient (Wildman–Crippen LogP) is 2.25. The van der Waals surface area contributed by atoms with Gasteiger partial charge in [-0.3, -0.25) is 4.68 Å². The van der Waals surface area contributed by atoms with Gasteiger partial charge in [-0.1, -0.05) is 12.1 Å². The molecule has 8 heteroatoms. The molecule has 1 saturated heterocycles.